The lowest BCUT2D eigenvalue weighted by molar-refractivity contribution is -0.144. The second-order valence-corrected chi connectivity index (χ2v) is 31.1. The molecule has 0 radical (unpaired) electrons. The highest BCUT2D eigenvalue weighted by molar-refractivity contribution is 6.01. The van der Waals surface area contributed by atoms with Gasteiger partial charge < -0.3 is 123 Å². The number of aromatic hydroxyl groups is 2. The molecule has 0 saturated carbocycles. The number of amides is 14. The highest BCUT2D eigenvalue weighted by atomic mass is 16.4. The highest BCUT2D eigenvalue weighted by Gasteiger charge is 2.44. The van der Waals surface area contributed by atoms with Crippen molar-refractivity contribution >= 4 is 107 Å². The standard InChI is InChI=1S/C78H121N21O20/c1-7-43(6)63(73(115)96-57(76(118)119)37-42(4)5)97-70(112)55(39-45-21-25-47(101)26-22-45)95-72(114)59-18-13-35-99(59)75(117)52(16-11-33-86-78(83)84)90-64(106)48(15-10-32-85-77(81)82)89-71(113)58-17-12-34-98(58)74(116)51(14-8-9-31-79)91-69(111)56(40-60(80)102)94-66(108)50(28-30-62(104)105)88-68(110)54(38-44-19-23-46(100)24-20-44)93-67(109)53(36-41(2)3)92-65(107)49-27-29-61(103)87-49/h19-26,41-43,48-59,63,100-101H,7-18,27-40,79H2,1-6H3,(H2,80,102)(H,87,103)(H,88,110)(H,89,113)(H,90,106)(H,91,111)(H,92,107)(H,93,109)(H,94,108)(H,95,114)(H,96,115)(H,97,112)(H,104,105)(H,118,119)(H4,81,82,85)(H4,83,84,86)/t43-,48-,49-,50-,51+,52-,53-,54-,55-,56-,57-,58-,59-,63-/m0/s1. The summed E-state index contributed by atoms with van der Waals surface area (Å²) >= 11 is 0. The number of hydrogen-bond donors (Lipinski definition) is 21. The molecule has 2 aromatic rings. The monoisotopic (exact) mass is 1670 g/mol. The molecule has 0 aliphatic carbocycles. The number of aliphatic carboxylic acids is 2. The Morgan fingerprint density at radius 1 is 0.479 bits per heavy atom. The van der Waals surface area contributed by atoms with E-state index < -0.39 is 192 Å². The van der Waals surface area contributed by atoms with E-state index in [1.54, 1.807) is 41.5 Å². The van der Waals surface area contributed by atoms with Gasteiger partial charge in [-0.15, -0.1) is 0 Å². The molecule has 2 aromatic carbocycles. The van der Waals surface area contributed by atoms with Crippen molar-refractivity contribution in [3.05, 3.63) is 59.7 Å². The minimum atomic E-state index is -1.93. The smallest absolute Gasteiger partial charge is 0.326 e. The highest BCUT2D eigenvalue weighted by Crippen LogP contribution is 2.25. The number of rotatable bonds is 50. The van der Waals surface area contributed by atoms with E-state index in [1.807, 2.05) is 0 Å². The number of phenolic OH excluding ortho intramolecular Hbond substituents is 2. The van der Waals surface area contributed by atoms with Crippen LogP contribution in [0.2, 0.25) is 0 Å². The molecule has 658 valence electrons. The second kappa shape index (κ2) is 48.7. The number of nitrogens with one attached hydrogen (secondary N) is 11. The van der Waals surface area contributed by atoms with Crippen LogP contribution in [0.3, 0.4) is 0 Å². The van der Waals surface area contributed by atoms with Gasteiger partial charge in [-0.3, -0.25) is 81.9 Å². The van der Waals surface area contributed by atoms with Crippen LogP contribution in [0.25, 0.3) is 0 Å². The summed E-state index contributed by atoms with van der Waals surface area (Å²) in [7, 11) is 0. The Balaban J connectivity index is 1.41. The Labute approximate surface area is 690 Å². The van der Waals surface area contributed by atoms with E-state index in [0.29, 0.717) is 24.0 Å². The van der Waals surface area contributed by atoms with Gasteiger partial charge in [0, 0.05) is 51.9 Å². The van der Waals surface area contributed by atoms with Gasteiger partial charge in [-0.25, -0.2) is 4.79 Å². The summed E-state index contributed by atoms with van der Waals surface area (Å²) in [5.41, 5.74) is 34.9. The second-order valence-electron chi connectivity index (χ2n) is 31.1. The van der Waals surface area contributed by atoms with Crippen molar-refractivity contribution in [3.8, 4) is 11.5 Å². The molecule has 41 heteroatoms. The average Bonchev–Trinajstić information content (AvgIpc) is 1.76. The first-order chi connectivity index (χ1) is 56.3. The zero-order chi connectivity index (χ0) is 88.3. The van der Waals surface area contributed by atoms with Crippen LogP contribution in [-0.4, -0.2) is 248 Å². The third kappa shape index (κ3) is 32.8. The van der Waals surface area contributed by atoms with Crippen molar-refractivity contribution in [2.24, 2.45) is 62.1 Å². The molecule has 0 bridgehead atoms. The lowest BCUT2D eigenvalue weighted by atomic mass is 9.96. The van der Waals surface area contributed by atoms with E-state index in [2.05, 4.69) is 68.5 Å². The van der Waals surface area contributed by atoms with Gasteiger partial charge in [0.05, 0.1) is 6.42 Å². The largest absolute Gasteiger partial charge is 0.508 e. The molecule has 5 rings (SSSR count). The predicted molar refractivity (Wildman–Crippen MR) is 433 cm³/mol. The third-order valence-electron chi connectivity index (χ3n) is 20.5. The minimum Gasteiger partial charge on any atom is -0.508 e. The topological polar surface area (TPSA) is 674 Å². The van der Waals surface area contributed by atoms with Crippen LogP contribution >= 0.6 is 0 Å². The van der Waals surface area contributed by atoms with Crippen molar-refractivity contribution in [1.82, 2.24) is 68.3 Å². The molecular formula is C78H121N21O20. The predicted octanol–water partition coefficient (Wildman–Crippen LogP) is -3.81. The summed E-state index contributed by atoms with van der Waals surface area (Å²) in [4.78, 5) is 234. The van der Waals surface area contributed by atoms with Crippen LogP contribution in [0.15, 0.2) is 58.5 Å². The zero-order valence-corrected chi connectivity index (χ0v) is 68.3. The minimum absolute atomic E-state index is 0.00423. The van der Waals surface area contributed by atoms with Gasteiger partial charge in [-0.05, 0) is 156 Å². The number of carbonyl (C=O) groups is 16. The molecule has 3 aliphatic heterocycles. The molecule has 14 amide bonds. The van der Waals surface area contributed by atoms with Crippen LogP contribution < -0.4 is 92.9 Å². The summed E-state index contributed by atoms with van der Waals surface area (Å²) in [6.07, 6.45) is -1.46. The molecular weight excluding hydrogens is 1550 g/mol. The van der Waals surface area contributed by atoms with Gasteiger partial charge in [0.2, 0.25) is 82.7 Å². The summed E-state index contributed by atoms with van der Waals surface area (Å²) in [5.74, 6) is -16.7. The van der Waals surface area contributed by atoms with Gasteiger partial charge in [-0.1, -0.05) is 72.2 Å². The number of carboxylic acid groups (broad SMARTS) is 2. The van der Waals surface area contributed by atoms with Crippen molar-refractivity contribution in [3.63, 3.8) is 0 Å². The maximum Gasteiger partial charge on any atom is 0.326 e. The van der Waals surface area contributed by atoms with Gasteiger partial charge in [-0.2, -0.15) is 0 Å². The number of phenols is 2. The third-order valence-corrected chi connectivity index (χ3v) is 20.5. The van der Waals surface area contributed by atoms with Crippen molar-refractivity contribution in [1.29, 1.82) is 0 Å². The normalized spacial score (nSPS) is 17.8. The Bertz CT molecular complexity index is 3910. The Morgan fingerprint density at radius 3 is 1.34 bits per heavy atom. The number of guanidine groups is 2. The van der Waals surface area contributed by atoms with E-state index >= 15 is 9.59 Å². The lowest BCUT2D eigenvalue weighted by Gasteiger charge is -2.32. The van der Waals surface area contributed by atoms with Crippen molar-refractivity contribution in [2.75, 3.05) is 32.7 Å². The van der Waals surface area contributed by atoms with E-state index in [0.717, 1.165) is 4.90 Å². The summed E-state index contributed by atoms with van der Waals surface area (Å²) in [6, 6.07) is -7.40. The number of unbranched alkanes of at least 4 members (excludes halogenated alkanes) is 1. The molecule has 41 nitrogen and oxygen atoms in total. The Morgan fingerprint density at radius 2 is 0.882 bits per heavy atom. The van der Waals surface area contributed by atoms with Crippen LogP contribution in [0.4, 0.5) is 0 Å². The van der Waals surface area contributed by atoms with Gasteiger partial charge in [0.15, 0.2) is 11.9 Å². The summed E-state index contributed by atoms with van der Waals surface area (Å²) in [6.45, 7) is 10.5. The quantitative estimate of drug-likeness (QED) is 0.0172. The molecule has 119 heavy (non-hydrogen) atoms. The molecule has 27 N–H and O–H groups in total. The Hall–Kier alpha value is -11.9. The number of aliphatic imine (C=N–C) groups is 2. The molecule has 0 spiro atoms. The molecule has 3 heterocycles. The molecule has 3 fully saturated rings. The number of hydrogen-bond acceptors (Lipinski definition) is 21. The number of nitrogens with two attached hydrogens (primary N) is 6. The number of likely N-dealkylation sites (tertiary alicyclic amines) is 2. The molecule has 0 unspecified atom stereocenters. The fourth-order valence-corrected chi connectivity index (χ4v) is 14.0. The molecule has 3 aliphatic rings. The number of primary amides is 1. The number of nitrogens with zero attached hydrogens (tertiary/aromatic N) is 4. The number of benzene rings is 2. The van der Waals surface area contributed by atoms with Gasteiger partial charge in [0.1, 0.15) is 90.0 Å². The first-order valence-electron chi connectivity index (χ1n) is 40.3. The first-order valence-corrected chi connectivity index (χ1v) is 40.3. The fraction of sp³-hybridized carbons (Fsp3) is 0.615. The molecule has 3 saturated heterocycles. The molecule has 0 aromatic heterocycles. The van der Waals surface area contributed by atoms with E-state index in [1.165, 1.54) is 53.4 Å². The maximum absolute atomic E-state index is 15.1. The first kappa shape index (κ1) is 97.6. The SMILES string of the molecule is CC[C@H](C)[C@H](NC(=O)[C@H](Cc1ccc(O)cc1)NC(=O)[C@@H]1CCCN1C(=O)[C@H](CCCN=C(N)N)NC(=O)[C@H](CCCN=C(N)N)NC(=O)[C@@H]1CCCN1C(=O)[C@@H](CCCCN)NC(=O)[C@H](CC(N)=O)NC(=O)[C@H](CCC(=O)O)NC(=O)[C@H](Cc1ccc(O)cc1)NC(=O)[C@H](CC(C)C)NC(=O)[C@@H]1CCC(=O)N1)C(=O)N[C@@H](CC(C)C)C(=O)O. The van der Waals surface area contributed by atoms with Crippen LogP contribution in [0.5, 0.6) is 11.5 Å². The van der Waals surface area contributed by atoms with E-state index in [4.69, 9.17) is 34.4 Å². The Kier molecular flexibility index (Phi) is 39.9. The van der Waals surface area contributed by atoms with Crippen molar-refractivity contribution < 1.29 is 97.1 Å². The van der Waals surface area contributed by atoms with Crippen LogP contribution in [0, 0.1) is 17.8 Å². The number of carboxylic acids is 2. The van der Waals surface area contributed by atoms with Crippen molar-refractivity contribution in [2.45, 2.75) is 255 Å². The van der Waals surface area contributed by atoms with Crippen LogP contribution in [0.1, 0.15) is 175 Å². The average molecular weight is 1670 g/mol. The van der Waals surface area contributed by atoms with Gasteiger partial charge in [0.25, 0.3) is 0 Å². The van der Waals surface area contributed by atoms with Crippen LogP contribution in [-0.2, 0) is 89.6 Å². The lowest BCUT2D eigenvalue weighted by Crippen LogP contribution is -2.61. The van der Waals surface area contributed by atoms with E-state index in [-0.39, 0.29) is 177 Å². The summed E-state index contributed by atoms with van der Waals surface area (Å²) < 4.78 is 0. The molecule has 14 atom stereocenters. The summed E-state index contributed by atoms with van der Waals surface area (Å²) in [5, 5.41) is 68.7. The number of carbonyl (C=O) groups excluding carboxylic acids is 14. The van der Waals surface area contributed by atoms with E-state index in [9.17, 15) is 87.5 Å². The zero-order valence-electron chi connectivity index (χ0n) is 68.3. The maximum atomic E-state index is 15.1. The van der Waals surface area contributed by atoms with Gasteiger partial charge >= 0.3 is 11.9 Å². The fourth-order valence-electron chi connectivity index (χ4n) is 14.0.